The van der Waals surface area contributed by atoms with Gasteiger partial charge in [0, 0.05) is 22.0 Å². The first-order chi connectivity index (χ1) is 7.74. The Balaban J connectivity index is 0.00000256. The van der Waals surface area contributed by atoms with Crippen LogP contribution in [0.25, 0.3) is 0 Å². The maximum Gasteiger partial charge on any atom is 0.136 e. The van der Waals surface area contributed by atoms with E-state index in [1.54, 1.807) is 0 Å². The van der Waals surface area contributed by atoms with Crippen molar-refractivity contribution in [2.45, 2.75) is 43.9 Å². The van der Waals surface area contributed by atoms with Gasteiger partial charge in [0.25, 0.3) is 0 Å². The van der Waals surface area contributed by atoms with E-state index in [0.29, 0.717) is 4.32 Å². The van der Waals surface area contributed by atoms with Crippen LogP contribution in [0.2, 0.25) is 0 Å². The molecule has 0 aliphatic rings. The zero-order valence-corrected chi connectivity index (χ0v) is 12.6. The van der Waals surface area contributed by atoms with E-state index in [0.717, 1.165) is 6.42 Å². The number of thioether (sulfide) groups is 1. The maximum absolute atomic E-state index is 5.56. The molecule has 4 heteroatoms. The summed E-state index contributed by atoms with van der Waals surface area (Å²) in [5, 5.41) is 0. The maximum atomic E-state index is 5.56. The molecule has 1 aromatic rings. The minimum Gasteiger partial charge on any atom is -0.384 e. The summed E-state index contributed by atoms with van der Waals surface area (Å²) in [5.41, 5.74) is 6.94. The molecule has 0 saturated heterocycles. The third-order valence-corrected chi connectivity index (χ3v) is 3.55. The molecule has 0 atom stereocenters. The fourth-order valence-corrected chi connectivity index (χ4v) is 2.59. The second kappa shape index (κ2) is 9.95. The molecular weight excluding hydrogens is 298 g/mol. The van der Waals surface area contributed by atoms with Gasteiger partial charge in [-0.3, -0.25) is 0 Å². The van der Waals surface area contributed by atoms with Crippen LogP contribution < -0.4 is 5.73 Å². The van der Waals surface area contributed by atoms with Gasteiger partial charge in [-0.25, -0.2) is 0 Å². The van der Waals surface area contributed by atoms with Gasteiger partial charge in [-0.1, -0.05) is 68.4 Å². The quantitative estimate of drug-likeness (QED) is 0.370. The zero-order valence-electron chi connectivity index (χ0n) is 10.0. The Morgan fingerprint density at radius 2 is 1.94 bits per heavy atom. The summed E-state index contributed by atoms with van der Waals surface area (Å²) in [7, 11) is 0. The molecule has 0 fully saturated rings. The molecule has 0 aromatic heterocycles. The fraction of sp³-hybridized carbons (Fsp3) is 0.462. The smallest absolute Gasteiger partial charge is 0.136 e. The minimum atomic E-state index is 0. The summed E-state index contributed by atoms with van der Waals surface area (Å²) >= 11 is 6.43. The van der Waals surface area contributed by atoms with Crippen molar-refractivity contribution in [3.8, 4) is 0 Å². The van der Waals surface area contributed by atoms with Crippen LogP contribution in [0.4, 0.5) is 0 Å². The summed E-state index contributed by atoms with van der Waals surface area (Å²) in [5.74, 6) is 0. The van der Waals surface area contributed by atoms with Crippen LogP contribution in [-0.2, 0) is 23.5 Å². The monoisotopic (exact) mass is 316 g/mol. The molecule has 1 nitrogen and oxygen atoms in total. The molecule has 1 radical (unpaired) electrons. The molecule has 0 unspecified atom stereocenters. The van der Waals surface area contributed by atoms with E-state index in [-0.39, 0.29) is 17.1 Å². The van der Waals surface area contributed by atoms with Gasteiger partial charge in [-0.2, -0.15) is 0 Å². The summed E-state index contributed by atoms with van der Waals surface area (Å²) in [6.07, 6.45) is 6.30. The SMILES string of the molecule is CCCCCCc1ccccc1SC(N)=S.[Cu]. The number of hydrogen-bond donors (Lipinski definition) is 1. The number of rotatable bonds is 6. The van der Waals surface area contributed by atoms with Crippen LogP contribution in [0.1, 0.15) is 38.2 Å². The Labute approximate surface area is 124 Å². The van der Waals surface area contributed by atoms with Crippen molar-refractivity contribution in [3.63, 3.8) is 0 Å². The van der Waals surface area contributed by atoms with Crippen LogP contribution in [0.15, 0.2) is 29.2 Å². The van der Waals surface area contributed by atoms with E-state index in [1.807, 2.05) is 6.07 Å². The van der Waals surface area contributed by atoms with E-state index < -0.39 is 0 Å². The first-order valence-corrected chi connectivity index (χ1v) is 7.01. The van der Waals surface area contributed by atoms with Gasteiger partial charge in [0.2, 0.25) is 0 Å². The molecule has 0 amide bonds. The normalized spacial score (nSPS) is 9.71. The van der Waals surface area contributed by atoms with Crippen LogP contribution in [-0.4, -0.2) is 4.32 Å². The predicted octanol–water partition coefficient (Wildman–Crippen LogP) is 4.14. The van der Waals surface area contributed by atoms with Gasteiger partial charge in [0.05, 0.1) is 0 Å². The van der Waals surface area contributed by atoms with Crippen molar-refractivity contribution in [1.29, 1.82) is 0 Å². The Kier molecular flexibility index (Phi) is 9.94. The van der Waals surface area contributed by atoms with Gasteiger partial charge in [-0.15, -0.1) is 0 Å². The number of unbranched alkanes of at least 4 members (excludes halogenated alkanes) is 3. The molecule has 1 rings (SSSR count). The number of aryl methyl sites for hydroxylation is 1. The standard InChI is InChI=1S/C13H19NS2.Cu/c1-2-3-4-5-8-11-9-6-7-10-12(11)16-13(14)15;/h6-7,9-10H,2-5,8H2,1H3,(H2,14,15);. The first kappa shape index (κ1) is 17.0. The van der Waals surface area contributed by atoms with Crippen molar-refractivity contribution in [2.75, 3.05) is 0 Å². The molecule has 17 heavy (non-hydrogen) atoms. The first-order valence-electron chi connectivity index (χ1n) is 5.79. The molecule has 0 heterocycles. The van der Waals surface area contributed by atoms with E-state index >= 15 is 0 Å². The Bertz CT molecular complexity index is 342. The molecule has 0 spiro atoms. The number of hydrogen-bond acceptors (Lipinski definition) is 2. The van der Waals surface area contributed by atoms with E-state index in [4.69, 9.17) is 18.0 Å². The molecule has 0 aliphatic carbocycles. The molecule has 2 N–H and O–H groups in total. The van der Waals surface area contributed by atoms with Crippen molar-refractivity contribution >= 4 is 28.3 Å². The second-order valence-electron chi connectivity index (χ2n) is 3.84. The van der Waals surface area contributed by atoms with Crippen LogP contribution >= 0.6 is 24.0 Å². The van der Waals surface area contributed by atoms with Crippen molar-refractivity contribution in [2.24, 2.45) is 5.73 Å². The Hall–Kier alpha value is -0.0205. The topological polar surface area (TPSA) is 26.0 Å². The van der Waals surface area contributed by atoms with Gasteiger partial charge in [0.15, 0.2) is 0 Å². The Morgan fingerprint density at radius 1 is 1.24 bits per heavy atom. The van der Waals surface area contributed by atoms with Crippen LogP contribution in [0, 0.1) is 0 Å². The fourth-order valence-electron chi connectivity index (χ4n) is 1.66. The van der Waals surface area contributed by atoms with Gasteiger partial charge < -0.3 is 5.73 Å². The number of benzene rings is 1. The average molecular weight is 317 g/mol. The third-order valence-electron chi connectivity index (χ3n) is 2.48. The summed E-state index contributed by atoms with van der Waals surface area (Å²) in [6, 6.07) is 8.39. The van der Waals surface area contributed by atoms with Crippen LogP contribution in [0.5, 0.6) is 0 Å². The second-order valence-corrected chi connectivity index (χ2v) is 5.62. The summed E-state index contributed by atoms with van der Waals surface area (Å²) < 4.78 is 0.501. The zero-order chi connectivity index (χ0) is 11.8. The van der Waals surface area contributed by atoms with Gasteiger partial charge in [0.1, 0.15) is 4.32 Å². The summed E-state index contributed by atoms with van der Waals surface area (Å²) in [4.78, 5) is 1.21. The minimum absolute atomic E-state index is 0. The largest absolute Gasteiger partial charge is 0.384 e. The summed E-state index contributed by atoms with van der Waals surface area (Å²) in [6.45, 7) is 2.23. The Morgan fingerprint density at radius 3 is 2.59 bits per heavy atom. The number of thiocarbonyl (C=S) groups is 1. The van der Waals surface area contributed by atoms with E-state index in [1.165, 1.54) is 47.9 Å². The molecule has 0 saturated carbocycles. The van der Waals surface area contributed by atoms with E-state index in [9.17, 15) is 0 Å². The third kappa shape index (κ3) is 7.10. The predicted molar refractivity (Wildman–Crippen MR) is 76.9 cm³/mol. The molecule has 1 aromatic carbocycles. The van der Waals surface area contributed by atoms with Crippen molar-refractivity contribution in [3.05, 3.63) is 29.8 Å². The molecule has 0 bridgehead atoms. The van der Waals surface area contributed by atoms with Gasteiger partial charge >= 0.3 is 0 Å². The van der Waals surface area contributed by atoms with E-state index in [2.05, 4.69) is 25.1 Å². The molecule has 0 aliphatic heterocycles. The molecular formula is C13H19CuNS2. The van der Waals surface area contributed by atoms with Crippen molar-refractivity contribution in [1.82, 2.24) is 0 Å². The van der Waals surface area contributed by atoms with Gasteiger partial charge in [-0.05, 0) is 24.5 Å². The molecule has 99 valence electrons. The number of nitrogens with two attached hydrogens (primary N) is 1. The average Bonchev–Trinajstić information content (AvgIpc) is 2.26. The van der Waals surface area contributed by atoms with Crippen molar-refractivity contribution < 1.29 is 17.1 Å². The van der Waals surface area contributed by atoms with Crippen LogP contribution in [0.3, 0.4) is 0 Å².